The lowest BCUT2D eigenvalue weighted by Crippen LogP contribution is -2.44. The number of amides is 1. The number of aliphatic hydroxyl groups excluding tert-OH is 1. The molecular formula is C32H44ClF2N3O2. The first kappa shape index (κ1) is 30.9. The summed E-state index contributed by atoms with van der Waals surface area (Å²) in [5.74, 6) is -1.59. The number of hydrogen-bond acceptors (Lipinski definition) is 4. The van der Waals surface area contributed by atoms with Crippen molar-refractivity contribution in [1.82, 2.24) is 15.1 Å². The summed E-state index contributed by atoms with van der Waals surface area (Å²) in [5, 5.41) is 14.0. The first-order valence-electron chi connectivity index (χ1n) is 14.5. The summed E-state index contributed by atoms with van der Waals surface area (Å²) >= 11 is 6.53. The van der Waals surface area contributed by atoms with Gasteiger partial charge in [0.05, 0.1) is 5.92 Å². The van der Waals surface area contributed by atoms with Gasteiger partial charge in [0.25, 0.3) is 0 Å². The molecule has 2 N–H and O–H groups in total. The fourth-order valence-electron chi connectivity index (χ4n) is 6.46. The molecule has 0 saturated carbocycles. The number of aryl methyl sites for hydroxylation is 1. The lowest BCUT2D eigenvalue weighted by Gasteiger charge is -2.36. The van der Waals surface area contributed by atoms with Gasteiger partial charge in [-0.25, -0.2) is 8.78 Å². The van der Waals surface area contributed by atoms with Crippen LogP contribution in [-0.2, 0) is 4.79 Å². The van der Waals surface area contributed by atoms with E-state index < -0.39 is 17.9 Å². The predicted octanol–water partition coefficient (Wildman–Crippen LogP) is 6.53. The molecule has 1 amide bonds. The minimum absolute atomic E-state index is 0.0269. The maximum Gasteiger partial charge on any atom is 0.227 e. The number of carbonyl (C=O) groups is 1. The molecule has 4 rings (SSSR count). The number of hydrogen-bond donors (Lipinski definition) is 2. The summed E-state index contributed by atoms with van der Waals surface area (Å²) < 4.78 is 28.6. The van der Waals surface area contributed by atoms with Crippen molar-refractivity contribution in [3.05, 3.63) is 69.2 Å². The molecule has 2 aliphatic rings. The molecular weight excluding hydrogens is 532 g/mol. The number of piperidine rings is 1. The molecule has 0 radical (unpaired) electrons. The molecule has 3 unspecified atom stereocenters. The van der Waals surface area contributed by atoms with Crippen molar-refractivity contribution in [3.63, 3.8) is 0 Å². The molecule has 4 atom stereocenters. The number of nitrogens with zero attached hydrogens (tertiary/aromatic N) is 2. The molecule has 0 bridgehead atoms. The highest BCUT2D eigenvalue weighted by molar-refractivity contribution is 6.31. The van der Waals surface area contributed by atoms with Crippen molar-refractivity contribution in [3.8, 4) is 0 Å². The van der Waals surface area contributed by atoms with E-state index in [9.17, 15) is 18.7 Å². The van der Waals surface area contributed by atoms with Gasteiger partial charge in [0, 0.05) is 54.8 Å². The summed E-state index contributed by atoms with van der Waals surface area (Å²) in [4.78, 5) is 18.1. The van der Waals surface area contributed by atoms with Gasteiger partial charge in [0.1, 0.15) is 17.9 Å². The van der Waals surface area contributed by atoms with E-state index in [4.69, 9.17) is 11.6 Å². The summed E-state index contributed by atoms with van der Waals surface area (Å²) in [7, 11) is 0. The Labute approximate surface area is 242 Å². The largest absolute Gasteiger partial charge is 0.379 e. The van der Waals surface area contributed by atoms with E-state index in [1.54, 1.807) is 6.92 Å². The van der Waals surface area contributed by atoms with Crippen LogP contribution >= 0.6 is 11.6 Å². The zero-order valence-electron chi connectivity index (χ0n) is 24.6. The minimum atomic E-state index is -0.643. The second kappa shape index (κ2) is 12.4. The monoisotopic (exact) mass is 575 g/mol. The fourth-order valence-corrected chi connectivity index (χ4v) is 6.63. The Morgan fingerprint density at radius 2 is 1.80 bits per heavy atom. The maximum absolute atomic E-state index is 14.9. The molecule has 2 fully saturated rings. The molecule has 2 saturated heterocycles. The second-order valence-corrected chi connectivity index (χ2v) is 13.0. The maximum atomic E-state index is 14.9. The third-order valence-electron chi connectivity index (χ3n) is 8.78. The Morgan fingerprint density at radius 3 is 2.38 bits per heavy atom. The molecule has 0 spiro atoms. The van der Waals surface area contributed by atoms with Crippen LogP contribution in [0.1, 0.15) is 94.0 Å². The smallest absolute Gasteiger partial charge is 0.227 e. The van der Waals surface area contributed by atoms with E-state index in [2.05, 4.69) is 44.0 Å². The highest BCUT2D eigenvalue weighted by Crippen LogP contribution is 2.41. The molecule has 2 aliphatic heterocycles. The van der Waals surface area contributed by atoms with E-state index in [1.165, 1.54) is 17.7 Å². The number of nitrogens with one attached hydrogen (secondary N) is 1. The number of carbonyl (C=O) groups excluding carboxylic acids is 1. The molecule has 8 heteroatoms. The van der Waals surface area contributed by atoms with Gasteiger partial charge in [-0.05, 0) is 94.2 Å². The molecule has 2 aromatic carbocycles. The van der Waals surface area contributed by atoms with Gasteiger partial charge >= 0.3 is 0 Å². The number of likely N-dealkylation sites (tertiary alicyclic amines) is 2. The van der Waals surface area contributed by atoms with E-state index >= 15 is 0 Å². The zero-order chi connectivity index (χ0) is 29.4. The molecule has 0 aromatic heterocycles. The normalized spacial score (nSPS) is 22.5. The minimum Gasteiger partial charge on any atom is -0.379 e. The van der Waals surface area contributed by atoms with Crippen molar-refractivity contribution in [2.24, 2.45) is 5.92 Å². The van der Waals surface area contributed by atoms with Crippen LogP contribution in [-0.4, -0.2) is 58.8 Å². The van der Waals surface area contributed by atoms with Gasteiger partial charge in [-0.1, -0.05) is 30.7 Å². The number of halogens is 3. The van der Waals surface area contributed by atoms with Gasteiger partial charge in [0.15, 0.2) is 0 Å². The molecule has 0 aliphatic carbocycles. The van der Waals surface area contributed by atoms with Crippen molar-refractivity contribution >= 4 is 17.5 Å². The van der Waals surface area contributed by atoms with Crippen LogP contribution in [0.25, 0.3) is 0 Å². The van der Waals surface area contributed by atoms with Crippen LogP contribution in [0.4, 0.5) is 8.78 Å². The number of rotatable bonds is 7. The van der Waals surface area contributed by atoms with Gasteiger partial charge in [0.2, 0.25) is 5.91 Å². The Kier molecular flexibility index (Phi) is 9.60. The molecule has 2 aromatic rings. The fraction of sp³-hybridized carbons (Fsp3) is 0.594. The zero-order valence-corrected chi connectivity index (χ0v) is 25.4. The summed E-state index contributed by atoms with van der Waals surface area (Å²) in [5.41, 5.74) is 3.59. The Hall–Kier alpha value is -2.06. The van der Waals surface area contributed by atoms with Crippen molar-refractivity contribution in [2.75, 3.05) is 26.2 Å². The Morgan fingerprint density at radius 1 is 1.12 bits per heavy atom. The number of aliphatic hydroxyl groups is 1. The topological polar surface area (TPSA) is 55.8 Å². The van der Waals surface area contributed by atoms with Crippen LogP contribution in [0.15, 0.2) is 30.3 Å². The standard InChI is InChI=1S/C32H44ClF2N3O2/c1-7-30(36-20(3)39)25-16-28(33)19(2)14-24(25)21-10-12-37(13-11-21)31(40)27-18-38(32(4,5)6)17-26(27)23-9-8-22(34)15-29(23)35/h8-9,14-16,20-21,26-27,30,36,39H,7,10-13,17-18H2,1-6H3/t20?,26?,27-,30?/m1/s1. The van der Waals surface area contributed by atoms with Crippen molar-refractivity contribution in [1.29, 1.82) is 0 Å². The second-order valence-electron chi connectivity index (χ2n) is 12.6. The lowest BCUT2D eigenvalue weighted by molar-refractivity contribution is -0.136. The summed E-state index contributed by atoms with van der Waals surface area (Å²) in [6, 6.07) is 7.87. The SMILES string of the molecule is CCC(NC(C)O)c1cc(Cl)c(C)cc1C1CCN(C(=O)[C@@H]2CN(C(C)(C)C)CC2c2ccc(F)cc2F)CC1. The van der Waals surface area contributed by atoms with Gasteiger partial charge in [-0.2, -0.15) is 0 Å². The third-order valence-corrected chi connectivity index (χ3v) is 9.19. The molecule has 5 nitrogen and oxygen atoms in total. The average Bonchev–Trinajstić information content (AvgIpc) is 3.34. The third kappa shape index (κ3) is 6.70. The van der Waals surface area contributed by atoms with E-state index in [1.807, 2.05) is 17.9 Å². The van der Waals surface area contributed by atoms with Gasteiger partial charge < -0.3 is 10.0 Å². The van der Waals surface area contributed by atoms with Crippen LogP contribution in [0.2, 0.25) is 5.02 Å². The lowest BCUT2D eigenvalue weighted by atomic mass is 9.82. The van der Waals surface area contributed by atoms with Crippen molar-refractivity contribution in [2.45, 2.75) is 90.4 Å². The molecule has 40 heavy (non-hydrogen) atoms. The van der Waals surface area contributed by atoms with Crippen LogP contribution in [0, 0.1) is 24.5 Å². The summed E-state index contributed by atoms with van der Waals surface area (Å²) in [6.45, 7) is 14.5. The molecule has 2 heterocycles. The van der Waals surface area contributed by atoms with Crippen molar-refractivity contribution < 1.29 is 18.7 Å². The Bertz CT molecular complexity index is 1210. The van der Waals surface area contributed by atoms with E-state index in [0.717, 1.165) is 36.5 Å². The first-order chi connectivity index (χ1) is 18.8. The van der Waals surface area contributed by atoms with Gasteiger partial charge in [-0.3, -0.25) is 15.0 Å². The first-order valence-corrected chi connectivity index (χ1v) is 14.9. The van der Waals surface area contributed by atoms with Crippen LogP contribution in [0.3, 0.4) is 0 Å². The van der Waals surface area contributed by atoms with Crippen LogP contribution < -0.4 is 5.32 Å². The highest BCUT2D eigenvalue weighted by Gasteiger charge is 2.45. The predicted molar refractivity (Wildman–Crippen MR) is 157 cm³/mol. The average molecular weight is 576 g/mol. The number of benzene rings is 2. The molecule has 220 valence electrons. The van der Waals surface area contributed by atoms with Gasteiger partial charge in [-0.15, -0.1) is 0 Å². The van der Waals surface area contributed by atoms with Crippen LogP contribution in [0.5, 0.6) is 0 Å². The quantitative estimate of drug-likeness (QED) is 0.369. The Balaban J connectivity index is 1.54. The van der Waals surface area contributed by atoms with E-state index in [-0.39, 0.29) is 35.2 Å². The highest BCUT2D eigenvalue weighted by atomic mass is 35.5. The summed E-state index contributed by atoms with van der Waals surface area (Å²) in [6.07, 6.45) is 1.80. The van der Waals surface area contributed by atoms with E-state index in [0.29, 0.717) is 36.8 Å².